The smallest absolute Gasteiger partial charge is 0.257 e. The lowest BCUT2D eigenvalue weighted by molar-refractivity contribution is 0.215. The van der Waals surface area contributed by atoms with E-state index in [2.05, 4.69) is 57.5 Å². The van der Waals surface area contributed by atoms with Crippen LogP contribution in [0.15, 0.2) is 30.5 Å². The molecular weight excluding hydrogens is 276 g/mol. The summed E-state index contributed by atoms with van der Waals surface area (Å²) in [6.07, 6.45) is 3.38. The zero-order chi connectivity index (χ0) is 15.1. The molecule has 1 atom stereocenters. The van der Waals surface area contributed by atoms with E-state index < -0.39 is 0 Å². The summed E-state index contributed by atoms with van der Waals surface area (Å²) in [6, 6.07) is 8.55. The minimum Gasteiger partial charge on any atom is -0.470 e. The fourth-order valence-electron chi connectivity index (χ4n) is 3.08. The second kappa shape index (κ2) is 5.18. The van der Waals surface area contributed by atoms with Crippen LogP contribution in [0.2, 0.25) is 0 Å². The molecule has 0 amide bonds. The van der Waals surface area contributed by atoms with E-state index >= 15 is 0 Å². The van der Waals surface area contributed by atoms with Crippen LogP contribution >= 0.6 is 0 Å². The van der Waals surface area contributed by atoms with Gasteiger partial charge in [0.25, 0.3) is 5.88 Å². The van der Waals surface area contributed by atoms with E-state index in [9.17, 15) is 0 Å². The van der Waals surface area contributed by atoms with Gasteiger partial charge in [0.05, 0.1) is 5.52 Å². The highest BCUT2D eigenvalue weighted by Gasteiger charge is 2.21. The third kappa shape index (κ3) is 2.18. The molecule has 0 aliphatic carbocycles. The Morgan fingerprint density at radius 3 is 2.82 bits per heavy atom. The molecule has 1 unspecified atom stereocenters. The van der Waals surface area contributed by atoms with Crippen molar-refractivity contribution < 1.29 is 4.74 Å². The summed E-state index contributed by atoms with van der Waals surface area (Å²) < 4.78 is 8.14. The van der Waals surface area contributed by atoms with Gasteiger partial charge in [-0.05, 0) is 25.5 Å². The van der Waals surface area contributed by atoms with Crippen LogP contribution in [0, 0.1) is 6.92 Å². The molecule has 2 aromatic heterocycles. The van der Waals surface area contributed by atoms with Crippen LogP contribution in [0.25, 0.3) is 22.2 Å². The molecule has 0 spiro atoms. The Balaban J connectivity index is 1.75. The van der Waals surface area contributed by atoms with Gasteiger partial charge in [0.2, 0.25) is 0 Å². The average molecular weight is 296 g/mol. The lowest BCUT2D eigenvalue weighted by Gasteiger charge is -2.09. The fraction of sp³-hybridized carbons (Fsp3) is 0.353. The van der Waals surface area contributed by atoms with Gasteiger partial charge in [-0.1, -0.05) is 29.8 Å². The molecule has 5 heteroatoms. The summed E-state index contributed by atoms with van der Waals surface area (Å²) in [7, 11) is 2.04. The van der Waals surface area contributed by atoms with Crippen LogP contribution in [0.4, 0.5) is 0 Å². The van der Waals surface area contributed by atoms with Crippen molar-refractivity contribution >= 4 is 11.0 Å². The molecule has 3 aromatic rings. The van der Waals surface area contributed by atoms with E-state index in [4.69, 9.17) is 4.74 Å². The molecule has 3 heterocycles. The van der Waals surface area contributed by atoms with Crippen molar-refractivity contribution in [2.24, 2.45) is 7.05 Å². The summed E-state index contributed by atoms with van der Waals surface area (Å²) >= 11 is 0. The van der Waals surface area contributed by atoms with Gasteiger partial charge in [0.15, 0.2) is 0 Å². The highest BCUT2D eigenvalue weighted by atomic mass is 16.5. The van der Waals surface area contributed by atoms with Gasteiger partial charge in [-0.25, -0.2) is 0 Å². The van der Waals surface area contributed by atoms with Gasteiger partial charge in [-0.15, -0.1) is 5.10 Å². The van der Waals surface area contributed by atoms with Crippen LogP contribution in [0.3, 0.4) is 0 Å². The Morgan fingerprint density at radius 1 is 1.27 bits per heavy atom. The second-order valence-corrected chi connectivity index (χ2v) is 6.00. The molecule has 1 fully saturated rings. The molecule has 1 saturated heterocycles. The van der Waals surface area contributed by atoms with Crippen LogP contribution in [-0.4, -0.2) is 34.0 Å². The van der Waals surface area contributed by atoms with Crippen LogP contribution in [0.1, 0.15) is 12.0 Å². The van der Waals surface area contributed by atoms with Gasteiger partial charge in [0.1, 0.15) is 11.6 Å². The first-order valence-electron chi connectivity index (χ1n) is 7.70. The van der Waals surface area contributed by atoms with Crippen molar-refractivity contribution in [2.75, 3.05) is 13.1 Å². The lowest BCUT2D eigenvalue weighted by Crippen LogP contribution is -2.20. The highest BCUT2D eigenvalue weighted by molar-refractivity contribution is 5.95. The zero-order valence-electron chi connectivity index (χ0n) is 12.9. The number of aromatic amines is 1. The summed E-state index contributed by atoms with van der Waals surface area (Å²) in [6.45, 7) is 4.01. The van der Waals surface area contributed by atoms with Gasteiger partial charge in [0, 0.05) is 25.4 Å². The molecule has 1 aliphatic rings. The van der Waals surface area contributed by atoms with E-state index in [1.807, 2.05) is 7.05 Å². The number of nitrogens with one attached hydrogen (secondary N) is 2. The van der Waals surface area contributed by atoms with Crippen molar-refractivity contribution in [2.45, 2.75) is 19.4 Å². The van der Waals surface area contributed by atoms with E-state index in [1.54, 1.807) is 0 Å². The summed E-state index contributed by atoms with van der Waals surface area (Å²) in [4.78, 5) is 0. The minimum atomic E-state index is 0.212. The second-order valence-electron chi connectivity index (χ2n) is 6.00. The van der Waals surface area contributed by atoms with Crippen LogP contribution in [-0.2, 0) is 7.05 Å². The molecule has 2 N–H and O–H groups in total. The van der Waals surface area contributed by atoms with E-state index in [0.717, 1.165) is 36.1 Å². The number of rotatable bonds is 3. The third-order valence-electron chi connectivity index (χ3n) is 4.31. The van der Waals surface area contributed by atoms with Crippen LogP contribution < -0.4 is 10.1 Å². The van der Waals surface area contributed by atoms with Crippen molar-refractivity contribution in [1.29, 1.82) is 0 Å². The monoisotopic (exact) mass is 296 g/mol. The molecule has 22 heavy (non-hydrogen) atoms. The number of ether oxygens (including phenoxy) is 1. The van der Waals surface area contributed by atoms with Gasteiger partial charge < -0.3 is 14.6 Å². The summed E-state index contributed by atoms with van der Waals surface area (Å²) in [5, 5.41) is 10.8. The Hall–Kier alpha value is -2.27. The number of nitrogens with zero attached hydrogens (tertiary/aromatic N) is 2. The van der Waals surface area contributed by atoms with Gasteiger partial charge in [-0.2, -0.15) is 0 Å². The SMILES string of the molecule is Cc1ccc(-c2cn(C)c3c(OC4CCNC4)n[nH]c23)cc1. The largest absolute Gasteiger partial charge is 0.470 e. The summed E-state index contributed by atoms with van der Waals surface area (Å²) in [5.41, 5.74) is 5.67. The average Bonchev–Trinajstić information content (AvgIpc) is 3.21. The first-order chi connectivity index (χ1) is 10.7. The normalized spacial score (nSPS) is 18.2. The lowest BCUT2D eigenvalue weighted by atomic mass is 10.1. The predicted octanol–water partition coefficient (Wildman–Crippen LogP) is 2.62. The Kier molecular flexibility index (Phi) is 3.15. The maximum Gasteiger partial charge on any atom is 0.257 e. The maximum atomic E-state index is 6.05. The molecule has 5 nitrogen and oxygen atoms in total. The van der Waals surface area contributed by atoms with Crippen molar-refractivity contribution in [1.82, 2.24) is 20.1 Å². The number of fused-ring (bicyclic) bond motifs is 1. The number of hydrogen-bond acceptors (Lipinski definition) is 3. The molecule has 1 aliphatic heterocycles. The number of aryl methyl sites for hydroxylation is 2. The third-order valence-corrected chi connectivity index (χ3v) is 4.31. The van der Waals surface area contributed by atoms with Crippen molar-refractivity contribution in [3.63, 3.8) is 0 Å². The molecule has 0 radical (unpaired) electrons. The number of hydrogen-bond donors (Lipinski definition) is 2. The molecule has 0 saturated carbocycles. The maximum absolute atomic E-state index is 6.05. The van der Waals surface area contributed by atoms with Crippen molar-refractivity contribution in [3.05, 3.63) is 36.0 Å². The van der Waals surface area contributed by atoms with E-state index in [-0.39, 0.29) is 6.10 Å². The molecule has 114 valence electrons. The predicted molar refractivity (Wildman–Crippen MR) is 87.1 cm³/mol. The topological polar surface area (TPSA) is 54.9 Å². The zero-order valence-corrected chi connectivity index (χ0v) is 12.9. The van der Waals surface area contributed by atoms with E-state index in [0.29, 0.717) is 5.88 Å². The number of aromatic nitrogens is 3. The quantitative estimate of drug-likeness (QED) is 0.781. The molecule has 4 rings (SSSR count). The van der Waals surface area contributed by atoms with E-state index in [1.165, 1.54) is 11.1 Å². The van der Waals surface area contributed by atoms with Crippen molar-refractivity contribution in [3.8, 4) is 17.0 Å². The molecular formula is C17H20N4O. The number of benzene rings is 1. The first kappa shape index (κ1) is 13.4. The Labute approximate surface area is 129 Å². The van der Waals surface area contributed by atoms with Gasteiger partial charge in [-0.3, -0.25) is 5.10 Å². The first-order valence-corrected chi connectivity index (χ1v) is 7.70. The molecule has 0 bridgehead atoms. The van der Waals surface area contributed by atoms with Gasteiger partial charge >= 0.3 is 0 Å². The Bertz CT molecular complexity index is 794. The number of H-pyrrole nitrogens is 1. The molecule has 1 aromatic carbocycles. The standard InChI is InChI=1S/C17H20N4O/c1-11-3-5-12(6-4-11)14-10-21(2)16-15(14)19-20-17(16)22-13-7-8-18-9-13/h3-6,10,13,18H,7-9H2,1-2H3,(H,19,20). The fourth-order valence-corrected chi connectivity index (χ4v) is 3.08. The van der Waals surface area contributed by atoms with Crippen LogP contribution in [0.5, 0.6) is 5.88 Å². The summed E-state index contributed by atoms with van der Waals surface area (Å²) in [5.74, 6) is 0.699. The Morgan fingerprint density at radius 2 is 2.09 bits per heavy atom. The highest BCUT2D eigenvalue weighted by Crippen LogP contribution is 2.34. The minimum absolute atomic E-state index is 0.212.